The molecule has 0 aliphatic carbocycles. The maximum atomic E-state index is 11.9. The van der Waals surface area contributed by atoms with Gasteiger partial charge in [-0.3, -0.25) is 4.79 Å². The Kier molecular flexibility index (Phi) is 5.22. The van der Waals surface area contributed by atoms with Crippen molar-refractivity contribution < 1.29 is 4.79 Å². The summed E-state index contributed by atoms with van der Waals surface area (Å²) in [6.45, 7) is 6.69. The van der Waals surface area contributed by atoms with Crippen molar-refractivity contribution in [2.75, 3.05) is 11.9 Å². The molecule has 1 aromatic rings. The van der Waals surface area contributed by atoms with Crippen LogP contribution in [0.1, 0.15) is 37.6 Å². The minimum atomic E-state index is -0.161. The molecule has 17 heavy (non-hydrogen) atoms. The Balaban J connectivity index is 2.87. The Morgan fingerprint density at radius 1 is 1.53 bits per heavy atom. The van der Waals surface area contributed by atoms with Gasteiger partial charge >= 0.3 is 0 Å². The number of carbonyl (C=O) groups is 1. The smallest absolute Gasteiger partial charge is 0.253 e. The standard InChI is InChI=1S/C12H18ClN3O/c1-4-8(3)16-12(17)9-6-11(14-5-2)15-7-10(9)13/h6-8H,4-5H2,1-3H3,(H,14,15)(H,16,17). The van der Waals surface area contributed by atoms with Gasteiger partial charge in [0.1, 0.15) is 5.82 Å². The van der Waals surface area contributed by atoms with E-state index in [1.807, 2.05) is 20.8 Å². The molecule has 5 heteroatoms. The van der Waals surface area contributed by atoms with Crippen LogP contribution < -0.4 is 10.6 Å². The number of hydrogen-bond acceptors (Lipinski definition) is 3. The highest BCUT2D eigenvalue weighted by Gasteiger charge is 2.13. The van der Waals surface area contributed by atoms with E-state index in [0.717, 1.165) is 13.0 Å². The van der Waals surface area contributed by atoms with Crippen molar-refractivity contribution in [1.82, 2.24) is 10.3 Å². The van der Waals surface area contributed by atoms with Crippen LogP contribution in [-0.2, 0) is 0 Å². The van der Waals surface area contributed by atoms with E-state index in [1.54, 1.807) is 6.07 Å². The van der Waals surface area contributed by atoms with Crippen molar-refractivity contribution in [3.05, 3.63) is 22.8 Å². The molecule has 1 heterocycles. The first-order valence-corrected chi connectivity index (χ1v) is 6.16. The molecule has 0 saturated carbocycles. The van der Waals surface area contributed by atoms with Gasteiger partial charge in [0.15, 0.2) is 0 Å². The summed E-state index contributed by atoms with van der Waals surface area (Å²) in [5, 5.41) is 6.29. The van der Waals surface area contributed by atoms with Gasteiger partial charge in [0.05, 0.1) is 10.6 Å². The van der Waals surface area contributed by atoms with Gasteiger partial charge in [0, 0.05) is 18.8 Å². The van der Waals surface area contributed by atoms with E-state index >= 15 is 0 Å². The normalized spacial score (nSPS) is 12.0. The number of amides is 1. The van der Waals surface area contributed by atoms with Crippen molar-refractivity contribution in [1.29, 1.82) is 0 Å². The number of anilines is 1. The Labute approximate surface area is 107 Å². The summed E-state index contributed by atoms with van der Waals surface area (Å²) in [5.74, 6) is 0.497. The van der Waals surface area contributed by atoms with Crippen LogP contribution in [-0.4, -0.2) is 23.5 Å². The zero-order valence-electron chi connectivity index (χ0n) is 10.4. The van der Waals surface area contributed by atoms with E-state index in [1.165, 1.54) is 6.20 Å². The molecule has 0 fully saturated rings. The molecule has 0 bridgehead atoms. The number of aromatic nitrogens is 1. The molecular weight excluding hydrogens is 238 g/mol. The molecule has 0 spiro atoms. The van der Waals surface area contributed by atoms with Gasteiger partial charge < -0.3 is 10.6 Å². The maximum absolute atomic E-state index is 11.9. The van der Waals surface area contributed by atoms with Crippen molar-refractivity contribution in [3.63, 3.8) is 0 Å². The van der Waals surface area contributed by atoms with Crippen LogP contribution in [0, 0.1) is 0 Å². The molecule has 0 aromatic carbocycles. The van der Waals surface area contributed by atoms with Crippen molar-refractivity contribution in [2.45, 2.75) is 33.2 Å². The molecule has 0 aliphatic heterocycles. The summed E-state index contributed by atoms with van der Waals surface area (Å²) in [7, 11) is 0. The third-order valence-electron chi connectivity index (χ3n) is 2.45. The number of pyridine rings is 1. The Hall–Kier alpha value is -1.29. The number of nitrogens with zero attached hydrogens (tertiary/aromatic N) is 1. The van der Waals surface area contributed by atoms with Crippen LogP contribution >= 0.6 is 11.6 Å². The van der Waals surface area contributed by atoms with Gasteiger partial charge in [-0.05, 0) is 26.3 Å². The van der Waals surface area contributed by atoms with Crippen LogP contribution in [0.15, 0.2) is 12.3 Å². The van der Waals surface area contributed by atoms with E-state index in [2.05, 4.69) is 15.6 Å². The molecule has 0 aliphatic rings. The first-order valence-electron chi connectivity index (χ1n) is 5.78. The van der Waals surface area contributed by atoms with Crippen LogP contribution in [0.25, 0.3) is 0 Å². The molecule has 0 radical (unpaired) electrons. The van der Waals surface area contributed by atoms with Crippen molar-refractivity contribution >= 4 is 23.3 Å². The summed E-state index contributed by atoms with van der Waals surface area (Å²) in [4.78, 5) is 16.0. The average Bonchev–Trinajstić information content (AvgIpc) is 2.31. The molecule has 1 rings (SSSR count). The summed E-state index contributed by atoms with van der Waals surface area (Å²) in [6, 6.07) is 1.80. The van der Waals surface area contributed by atoms with Crippen LogP contribution in [0.2, 0.25) is 5.02 Å². The second-order valence-corrected chi connectivity index (χ2v) is 4.27. The van der Waals surface area contributed by atoms with E-state index in [9.17, 15) is 4.79 Å². The maximum Gasteiger partial charge on any atom is 0.253 e. The highest BCUT2D eigenvalue weighted by molar-refractivity contribution is 6.33. The largest absolute Gasteiger partial charge is 0.370 e. The number of halogens is 1. The second-order valence-electron chi connectivity index (χ2n) is 3.86. The van der Waals surface area contributed by atoms with Gasteiger partial charge in [-0.15, -0.1) is 0 Å². The lowest BCUT2D eigenvalue weighted by molar-refractivity contribution is 0.0939. The predicted octanol–water partition coefficient (Wildman–Crippen LogP) is 2.70. The topological polar surface area (TPSA) is 54.0 Å². The van der Waals surface area contributed by atoms with Gasteiger partial charge in [0.2, 0.25) is 0 Å². The Morgan fingerprint density at radius 3 is 2.82 bits per heavy atom. The first-order chi connectivity index (χ1) is 8.08. The minimum Gasteiger partial charge on any atom is -0.370 e. The lowest BCUT2D eigenvalue weighted by Gasteiger charge is -2.13. The molecule has 2 N–H and O–H groups in total. The minimum absolute atomic E-state index is 0.134. The van der Waals surface area contributed by atoms with Gasteiger partial charge in [-0.2, -0.15) is 0 Å². The number of nitrogens with one attached hydrogen (secondary N) is 2. The molecule has 94 valence electrons. The zero-order chi connectivity index (χ0) is 12.8. The fraction of sp³-hybridized carbons (Fsp3) is 0.500. The Bertz CT molecular complexity index is 395. The molecule has 1 unspecified atom stereocenters. The van der Waals surface area contributed by atoms with Gasteiger partial charge in [-0.25, -0.2) is 4.98 Å². The van der Waals surface area contributed by atoms with E-state index in [4.69, 9.17) is 11.6 Å². The summed E-state index contributed by atoms with van der Waals surface area (Å²) in [6.07, 6.45) is 2.37. The van der Waals surface area contributed by atoms with Crippen molar-refractivity contribution in [3.8, 4) is 0 Å². The lowest BCUT2D eigenvalue weighted by atomic mass is 10.2. The summed E-state index contributed by atoms with van der Waals surface area (Å²) >= 11 is 5.97. The molecule has 4 nitrogen and oxygen atoms in total. The predicted molar refractivity (Wildman–Crippen MR) is 70.6 cm³/mol. The third-order valence-corrected chi connectivity index (χ3v) is 2.75. The number of hydrogen-bond donors (Lipinski definition) is 2. The zero-order valence-corrected chi connectivity index (χ0v) is 11.1. The van der Waals surface area contributed by atoms with E-state index in [0.29, 0.717) is 16.4 Å². The van der Waals surface area contributed by atoms with E-state index in [-0.39, 0.29) is 11.9 Å². The lowest BCUT2D eigenvalue weighted by Crippen LogP contribution is -2.32. The van der Waals surface area contributed by atoms with Gasteiger partial charge in [-0.1, -0.05) is 18.5 Å². The fourth-order valence-corrected chi connectivity index (χ4v) is 1.48. The highest BCUT2D eigenvalue weighted by Crippen LogP contribution is 2.18. The third kappa shape index (κ3) is 3.89. The molecule has 1 amide bonds. The highest BCUT2D eigenvalue weighted by atomic mass is 35.5. The number of rotatable bonds is 5. The molecule has 1 aromatic heterocycles. The van der Waals surface area contributed by atoms with Crippen LogP contribution in [0.5, 0.6) is 0 Å². The fourth-order valence-electron chi connectivity index (χ4n) is 1.29. The van der Waals surface area contributed by atoms with E-state index < -0.39 is 0 Å². The molecule has 1 atom stereocenters. The average molecular weight is 256 g/mol. The quantitative estimate of drug-likeness (QED) is 0.851. The van der Waals surface area contributed by atoms with Crippen molar-refractivity contribution in [2.24, 2.45) is 0 Å². The number of carbonyl (C=O) groups excluding carboxylic acids is 1. The Morgan fingerprint density at radius 2 is 2.24 bits per heavy atom. The molecule has 0 saturated heterocycles. The van der Waals surface area contributed by atoms with Gasteiger partial charge in [0.25, 0.3) is 5.91 Å². The second kappa shape index (κ2) is 6.45. The van der Waals surface area contributed by atoms with Crippen LogP contribution in [0.4, 0.5) is 5.82 Å². The molecular formula is C12H18ClN3O. The monoisotopic (exact) mass is 255 g/mol. The first kappa shape index (κ1) is 13.8. The summed E-state index contributed by atoms with van der Waals surface area (Å²) in [5.41, 5.74) is 0.456. The SMILES string of the molecule is CCNc1cc(C(=O)NC(C)CC)c(Cl)cn1. The summed E-state index contributed by atoms with van der Waals surface area (Å²) < 4.78 is 0. The van der Waals surface area contributed by atoms with Crippen LogP contribution in [0.3, 0.4) is 0 Å².